The van der Waals surface area contributed by atoms with Gasteiger partial charge in [-0.2, -0.15) is 5.26 Å². The van der Waals surface area contributed by atoms with Crippen molar-refractivity contribution in [3.63, 3.8) is 0 Å². The van der Waals surface area contributed by atoms with Gasteiger partial charge < -0.3 is 14.8 Å². The van der Waals surface area contributed by atoms with Crippen LogP contribution in [0.5, 0.6) is 0 Å². The first kappa shape index (κ1) is 18.7. The summed E-state index contributed by atoms with van der Waals surface area (Å²) < 4.78 is 1.59. The summed E-state index contributed by atoms with van der Waals surface area (Å²) in [6.07, 6.45) is 6.94. The van der Waals surface area contributed by atoms with Gasteiger partial charge in [0.25, 0.3) is 0 Å². The van der Waals surface area contributed by atoms with Crippen molar-refractivity contribution < 1.29 is 4.79 Å². The van der Waals surface area contributed by atoms with Gasteiger partial charge in [-0.3, -0.25) is 4.79 Å². The number of imidazole rings is 1. The Morgan fingerprint density at radius 2 is 2.26 bits per heavy atom. The van der Waals surface area contributed by atoms with E-state index in [4.69, 9.17) is 0 Å². The van der Waals surface area contributed by atoms with Crippen molar-refractivity contribution in [3.05, 3.63) is 30.6 Å². The van der Waals surface area contributed by atoms with Crippen LogP contribution in [0.2, 0.25) is 0 Å². The maximum absolute atomic E-state index is 12.6. The van der Waals surface area contributed by atoms with E-state index < -0.39 is 3.55 Å². The zero-order chi connectivity index (χ0) is 18.9. The van der Waals surface area contributed by atoms with Crippen LogP contribution in [-0.4, -0.2) is 43.0 Å². The standard InChI is InChI=1S/C20H24IN5O/c21-20(13-22)8-3-9-26(20)19(27)11-23-16-7-6-15(10-16)12-25-14-24-17-4-1-2-5-18(17)25/h1-2,4-5,14-16,23H,3,6-12H2/t15-,16+,20+/m0/s1. The molecule has 6 nitrogen and oxygen atoms in total. The molecule has 1 N–H and O–H groups in total. The predicted molar refractivity (Wildman–Crippen MR) is 112 cm³/mol. The van der Waals surface area contributed by atoms with Gasteiger partial charge in [0.2, 0.25) is 5.91 Å². The number of aromatic nitrogens is 2. The van der Waals surface area contributed by atoms with Gasteiger partial charge in [-0.15, -0.1) is 0 Å². The Kier molecular flexibility index (Phi) is 5.37. The summed E-state index contributed by atoms with van der Waals surface area (Å²) in [4.78, 5) is 18.8. The Morgan fingerprint density at radius 3 is 3.11 bits per heavy atom. The summed E-state index contributed by atoms with van der Waals surface area (Å²) in [6.45, 7) is 2.00. The van der Waals surface area contributed by atoms with Gasteiger partial charge in [0, 0.05) is 19.1 Å². The average Bonchev–Trinajstić information content (AvgIpc) is 3.40. The Bertz CT molecular complexity index is 875. The molecule has 0 bridgehead atoms. The second-order valence-electron chi connectivity index (χ2n) is 7.66. The van der Waals surface area contributed by atoms with E-state index in [1.54, 1.807) is 4.90 Å². The second kappa shape index (κ2) is 7.76. The van der Waals surface area contributed by atoms with E-state index in [1.165, 1.54) is 5.52 Å². The number of nitriles is 1. The molecule has 1 aliphatic carbocycles. The molecule has 0 spiro atoms. The lowest BCUT2D eigenvalue weighted by Crippen LogP contribution is -2.47. The SMILES string of the molecule is N#C[C@@]1(I)CCCN1C(=O)CN[C@@H]1CC[C@H](Cn2cnc3ccccc32)C1. The molecule has 27 heavy (non-hydrogen) atoms. The Morgan fingerprint density at radius 1 is 1.41 bits per heavy atom. The maximum Gasteiger partial charge on any atom is 0.238 e. The molecule has 142 valence electrons. The van der Waals surface area contributed by atoms with Crippen molar-refractivity contribution in [3.8, 4) is 6.07 Å². The molecule has 1 aromatic heterocycles. The summed E-state index contributed by atoms with van der Waals surface area (Å²) in [5, 5.41) is 12.8. The lowest BCUT2D eigenvalue weighted by Gasteiger charge is -2.27. The molecule has 2 aliphatic rings. The monoisotopic (exact) mass is 477 g/mol. The van der Waals surface area contributed by atoms with Crippen LogP contribution in [0, 0.1) is 17.2 Å². The summed E-state index contributed by atoms with van der Waals surface area (Å²) in [5.41, 5.74) is 2.23. The zero-order valence-electron chi connectivity index (χ0n) is 15.3. The highest BCUT2D eigenvalue weighted by atomic mass is 127. The Hall–Kier alpha value is -1.66. The van der Waals surface area contributed by atoms with Gasteiger partial charge >= 0.3 is 0 Å². The zero-order valence-corrected chi connectivity index (χ0v) is 17.4. The number of para-hydroxylation sites is 2. The van der Waals surface area contributed by atoms with Gasteiger partial charge in [-0.05, 0) is 72.7 Å². The largest absolute Gasteiger partial charge is 0.330 e. The van der Waals surface area contributed by atoms with Crippen molar-refractivity contribution in [2.24, 2.45) is 5.92 Å². The van der Waals surface area contributed by atoms with E-state index in [0.29, 0.717) is 25.0 Å². The van der Waals surface area contributed by atoms with Gasteiger partial charge in [-0.1, -0.05) is 12.1 Å². The van der Waals surface area contributed by atoms with Crippen LogP contribution in [0.3, 0.4) is 0 Å². The molecule has 4 rings (SSSR count). The summed E-state index contributed by atoms with van der Waals surface area (Å²) in [7, 11) is 0. The molecule has 7 heteroatoms. The fourth-order valence-corrected chi connectivity index (χ4v) is 5.30. The molecule has 2 fully saturated rings. The number of rotatable bonds is 5. The average molecular weight is 477 g/mol. The first-order valence-corrected chi connectivity index (χ1v) is 10.7. The number of nitrogens with one attached hydrogen (secondary N) is 1. The molecule has 1 saturated carbocycles. The van der Waals surface area contributed by atoms with E-state index in [2.05, 4.69) is 55.7 Å². The van der Waals surface area contributed by atoms with Crippen LogP contribution >= 0.6 is 22.6 Å². The first-order chi connectivity index (χ1) is 13.1. The minimum absolute atomic E-state index is 0.0486. The Balaban J connectivity index is 1.29. The fourth-order valence-electron chi connectivity index (χ4n) is 4.41. The van der Waals surface area contributed by atoms with Gasteiger partial charge in [-0.25, -0.2) is 4.98 Å². The molecule has 1 amide bonds. The normalized spacial score (nSPS) is 27.9. The van der Waals surface area contributed by atoms with Crippen molar-refractivity contribution in [2.45, 2.75) is 48.2 Å². The number of carbonyl (C=O) groups excluding carboxylic acids is 1. The van der Waals surface area contributed by atoms with E-state index in [1.807, 2.05) is 18.5 Å². The highest BCUT2D eigenvalue weighted by molar-refractivity contribution is 14.1. The lowest BCUT2D eigenvalue weighted by molar-refractivity contribution is -0.130. The van der Waals surface area contributed by atoms with Crippen molar-refractivity contribution in [2.75, 3.05) is 13.1 Å². The highest BCUT2D eigenvalue weighted by Crippen LogP contribution is 2.35. The molecule has 1 saturated heterocycles. The van der Waals surface area contributed by atoms with Gasteiger partial charge in [0.1, 0.15) is 6.07 Å². The molecule has 1 aromatic carbocycles. The predicted octanol–water partition coefficient (Wildman–Crippen LogP) is 3.07. The number of alkyl halides is 1. The number of carbonyl (C=O) groups is 1. The molecule has 2 aromatic rings. The smallest absolute Gasteiger partial charge is 0.238 e. The van der Waals surface area contributed by atoms with Crippen molar-refractivity contribution in [1.29, 1.82) is 5.26 Å². The molecule has 1 aliphatic heterocycles. The molecular weight excluding hydrogens is 453 g/mol. The van der Waals surface area contributed by atoms with E-state index >= 15 is 0 Å². The second-order valence-corrected chi connectivity index (χ2v) is 9.45. The fraction of sp³-hybridized carbons (Fsp3) is 0.550. The molecule has 0 unspecified atom stereocenters. The molecular formula is C20H24IN5O. The van der Waals surface area contributed by atoms with Crippen molar-refractivity contribution in [1.82, 2.24) is 19.8 Å². The van der Waals surface area contributed by atoms with Crippen LogP contribution in [0.15, 0.2) is 30.6 Å². The summed E-state index contributed by atoms with van der Waals surface area (Å²) in [6, 6.07) is 10.9. The van der Waals surface area contributed by atoms with Gasteiger partial charge in [0.15, 0.2) is 3.55 Å². The minimum Gasteiger partial charge on any atom is -0.330 e. The van der Waals surface area contributed by atoms with Gasteiger partial charge in [0.05, 0.1) is 23.9 Å². The lowest BCUT2D eigenvalue weighted by atomic mass is 10.1. The number of fused-ring (bicyclic) bond motifs is 1. The third kappa shape index (κ3) is 3.83. The molecule has 2 heterocycles. The number of benzene rings is 1. The number of nitrogens with zero attached hydrogens (tertiary/aromatic N) is 4. The van der Waals surface area contributed by atoms with Crippen LogP contribution in [-0.2, 0) is 11.3 Å². The van der Waals surface area contributed by atoms with Crippen LogP contribution in [0.4, 0.5) is 0 Å². The number of hydrogen-bond acceptors (Lipinski definition) is 4. The topological polar surface area (TPSA) is 74.0 Å². The molecule has 0 radical (unpaired) electrons. The number of amides is 1. The van der Waals surface area contributed by atoms with Crippen LogP contribution < -0.4 is 5.32 Å². The number of hydrogen-bond donors (Lipinski definition) is 1. The third-order valence-corrected chi connectivity index (χ3v) is 7.22. The van der Waals surface area contributed by atoms with E-state index in [0.717, 1.165) is 44.2 Å². The quantitative estimate of drug-likeness (QED) is 0.408. The first-order valence-electron chi connectivity index (χ1n) is 9.63. The van der Waals surface area contributed by atoms with E-state index in [-0.39, 0.29) is 5.91 Å². The maximum atomic E-state index is 12.6. The van der Waals surface area contributed by atoms with Crippen LogP contribution in [0.25, 0.3) is 11.0 Å². The minimum atomic E-state index is -0.656. The van der Waals surface area contributed by atoms with Crippen molar-refractivity contribution >= 4 is 39.5 Å². The molecule has 3 atom stereocenters. The summed E-state index contributed by atoms with van der Waals surface area (Å²) in [5.74, 6) is 0.650. The Labute approximate surface area is 173 Å². The third-order valence-electron chi connectivity index (χ3n) is 5.86. The van der Waals surface area contributed by atoms with E-state index in [9.17, 15) is 10.1 Å². The number of halogens is 1. The number of likely N-dealkylation sites (tertiary alicyclic amines) is 1. The summed E-state index contributed by atoms with van der Waals surface area (Å²) >= 11 is 2.12. The highest BCUT2D eigenvalue weighted by Gasteiger charge is 2.41. The van der Waals surface area contributed by atoms with Crippen LogP contribution in [0.1, 0.15) is 32.1 Å².